The zero-order valence-corrected chi connectivity index (χ0v) is 12.4. The van der Waals surface area contributed by atoms with Gasteiger partial charge in [-0.1, -0.05) is 23.8 Å². The maximum absolute atomic E-state index is 13.7. The molecule has 21 heavy (non-hydrogen) atoms. The first kappa shape index (κ1) is 14.1. The zero-order valence-electron chi connectivity index (χ0n) is 12.4. The van der Waals surface area contributed by atoms with Crippen LogP contribution in [0.5, 0.6) is 5.75 Å². The molecule has 0 aliphatic heterocycles. The van der Waals surface area contributed by atoms with E-state index in [4.69, 9.17) is 4.74 Å². The second kappa shape index (κ2) is 5.86. The molecule has 0 atom stereocenters. The topological polar surface area (TPSA) is 21.3 Å². The van der Waals surface area contributed by atoms with E-state index in [1.165, 1.54) is 24.5 Å². The summed E-state index contributed by atoms with van der Waals surface area (Å²) < 4.78 is 19.1. The van der Waals surface area contributed by atoms with Crippen LogP contribution in [0.1, 0.15) is 24.0 Å². The Bertz CT molecular complexity index is 650. The quantitative estimate of drug-likeness (QED) is 0.894. The first-order chi connectivity index (χ1) is 10.2. The van der Waals surface area contributed by atoms with Crippen LogP contribution >= 0.6 is 0 Å². The Labute approximate surface area is 125 Å². The summed E-state index contributed by atoms with van der Waals surface area (Å²) in [5, 5.41) is 3.52. The first-order valence-electron chi connectivity index (χ1n) is 7.34. The van der Waals surface area contributed by atoms with E-state index in [2.05, 4.69) is 23.5 Å². The Morgan fingerprint density at radius 1 is 1.14 bits per heavy atom. The maximum Gasteiger partial charge on any atom is 0.126 e. The molecular weight excluding hydrogens is 265 g/mol. The van der Waals surface area contributed by atoms with Crippen molar-refractivity contribution >= 4 is 0 Å². The van der Waals surface area contributed by atoms with Gasteiger partial charge in [0, 0.05) is 18.2 Å². The molecule has 0 heterocycles. The molecule has 0 amide bonds. The van der Waals surface area contributed by atoms with E-state index in [1.807, 2.05) is 6.92 Å². The average molecular weight is 285 g/mol. The normalized spacial score (nSPS) is 14.2. The highest BCUT2D eigenvalue weighted by Crippen LogP contribution is 2.34. The highest BCUT2D eigenvalue weighted by Gasteiger charge is 2.21. The molecule has 1 aliphatic carbocycles. The van der Waals surface area contributed by atoms with Crippen molar-refractivity contribution in [2.45, 2.75) is 32.4 Å². The predicted molar refractivity (Wildman–Crippen MR) is 83.0 cm³/mol. The minimum atomic E-state index is -0.242. The van der Waals surface area contributed by atoms with E-state index >= 15 is 0 Å². The first-order valence-corrected chi connectivity index (χ1v) is 7.34. The van der Waals surface area contributed by atoms with E-state index in [-0.39, 0.29) is 5.82 Å². The molecule has 110 valence electrons. The van der Waals surface area contributed by atoms with Crippen LogP contribution in [0.2, 0.25) is 0 Å². The van der Waals surface area contributed by atoms with Crippen molar-refractivity contribution < 1.29 is 9.13 Å². The maximum atomic E-state index is 13.7. The second-order valence-corrected chi connectivity index (χ2v) is 5.66. The molecule has 0 saturated heterocycles. The van der Waals surface area contributed by atoms with Crippen LogP contribution in [0.25, 0.3) is 11.1 Å². The van der Waals surface area contributed by atoms with Gasteiger partial charge in [-0.2, -0.15) is 0 Å². The lowest BCUT2D eigenvalue weighted by Gasteiger charge is -2.15. The Morgan fingerprint density at radius 2 is 1.95 bits per heavy atom. The minimum Gasteiger partial charge on any atom is -0.496 e. The molecule has 3 rings (SSSR count). The third-order valence-corrected chi connectivity index (χ3v) is 3.88. The number of aryl methyl sites for hydroxylation is 1. The minimum absolute atomic E-state index is 0.242. The number of ether oxygens (including phenoxy) is 1. The molecule has 0 aromatic heterocycles. The highest BCUT2D eigenvalue weighted by molar-refractivity contribution is 5.74. The van der Waals surface area contributed by atoms with Crippen molar-refractivity contribution in [3.8, 4) is 16.9 Å². The van der Waals surface area contributed by atoms with Crippen LogP contribution in [0, 0.1) is 12.7 Å². The molecule has 1 aliphatic rings. The molecule has 0 spiro atoms. The van der Waals surface area contributed by atoms with Gasteiger partial charge in [0.05, 0.1) is 7.11 Å². The van der Waals surface area contributed by atoms with Gasteiger partial charge in [0.25, 0.3) is 0 Å². The standard InChI is InChI=1S/C18H20FNO/c1-12-3-4-13(11-20-15-6-7-15)16(9-12)17-10-14(19)5-8-18(17)21-2/h3-5,8-10,15,20H,6-7,11H2,1-2H3. The molecule has 3 heteroatoms. The van der Waals surface area contributed by atoms with Gasteiger partial charge in [-0.3, -0.25) is 0 Å². The van der Waals surface area contributed by atoms with Crippen LogP contribution < -0.4 is 10.1 Å². The number of methoxy groups -OCH3 is 1. The highest BCUT2D eigenvalue weighted by atomic mass is 19.1. The van der Waals surface area contributed by atoms with Gasteiger partial charge in [-0.15, -0.1) is 0 Å². The van der Waals surface area contributed by atoms with Crippen LogP contribution in [0.4, 0.5) is 4.39 Å². The smallest absolute Gasteiger partial charge is 0.126 e. The largest absolute Gasteiger partial charge is 0.496 e. The van der Waals surface area contributed by atoms with E-state index in [0.717, 1.165) is 23.2 Å². The van der Waals surface area contributed by atoms with Crippen LogP contribution in [-0.4, -0.2) is 13.2 Å². The van der Waals surface area contributed by atoms with Crippen molar-refractivity contribution in [3.05, 3.63) is 53.3 Å². The Hall–Kier alpha value is -1.87. The van der Waals surface area contributed by atoms with E-state index in [9.17, 15) is 4.39 Å². The van der Waals surface area contributed by atoms with Crippen molar-refractivity contribution in [1.82, 2.24) is 5.32 Å². The summed E-state index contributed by atoms with van der Waals surface area (Å²) in [5.41, 5.74) is 4.19. The number of hydrogen-bond acceptors (Lipinski definition) is 2. The lowest BCUT2D eigenvalue weighted by Crippen LogP contribution is -2.16. The number of rotatable bonds is 5. The van der Waals surface area contributed by atoms with Crippen molar-refractivity contribution in [2.24, 2.45) is 0 Å². The molecule has 2 aromatic rings. The van der Waals surface area contributed by atoms with Gasteiger partial charge in [0.2, 0.25) is 0 Å². The zero-order chi connectivity index (χ0) is 14.8. The molecule has 0 radical (unpaired) electrons. The summed E-state index contributed by atoms with van der Waals surface area (Å²) in [5.74, 6) is 0.461. The molecule has 1 saturated carbocycles. The van der Waals surface area contributed by atoms with Gasteiger partial charge in [-0.05, 0) is 49.1 Å². The van der Waals surface area contributed by atoms with Crippen LogP contribution in [0.15, 0.2) is 36.4 Å². The van der Waals surface area contributed by atoms with Gasteiger partial charge >= 0.3 is 0 Å². The second-order valence-electron chi connectivity index (χ2n) is 5.66. The SMILES string of the molecule is COc1ccc(F)cc1-c1cc(C)ccc1CNC1CC1. The van der Waals surface area contributed by atoms with E-state index in [1.54, 1.807) is 19.2 Å². The molecule has 0 unspecified atom stereocenters. The predicted octanol–water partition coefficient (Wildman–Crippen LogP) is 4.06. The fraction of sp³-hybridized carbons (Fsp3) is 0.333. The third-order valence-electron chi connectivity index (χ3n) is 3.88. The van der Waals surface area contributed by atoms with E-state index < -0.39 is 0 Å². The van der Waals surface area contributed by atoms with Crippen molar-refractivity contribution in [2.75, 3.05) is 7.11 Å². The third kappa shape index (κ3) is 3.24. The molecule has 1 fully saturated rings. The van der Waals surface area contributed by atoms with Gasteiger partial charge in [0.1, 0.15) is 11.6 Å². The van der Waals surface area contributed by atoms with Crippen molar-refractivity contribution in [1.29, 1.82) is 0 Å². The molecule has 1 N–H and O–H groups in total. The summed E-state index contributed by atoms with van der Waals surface area (Å²) in [4.78, 5) is 0. The van der Waals surface area contributed by atoms with Gasteiger partial charge < -0.3 is 10.1 Å². The Morgan fingerprint density at radius 3 is 2.67 bits per heavy atom. The molecule has 0 bridgehead atoms. The summed E-state index contributed by atoms with van der Waals surface area (Å²) in [7, 11) is 1.62. The monoisotopic (exact) mass is 285 g/mol. The van der Waals surface area contributed by atoms with Gasteiger partial charge in [-0.25, -0.2) is 4.39 Å². The van der Waals surface area contributed by atoms with E-state index in [0.29, 0.717) is 11.8 Å². The summed E-state index contributed by atoms with van der Waals surface area (Å²) in [6.45, 7) is 2.85. The lowest BCUT2D eigenvalue weighted by molar-refractivity contribution is 0.415. The number of halogens is 1. The van der Waals surface area contributed by atoms with Crippen LogP contribution in [-0.2, 0) is 6.54 Å². The summed E-state index contributed by atoms with van der Waals surface area (Å²) in [6.07, 6.45) is 2.51. The Kier molecular flexibility index (Phi) is 3.93. The Balaban J connectivity index is 2.02. The summed E-state index contributed by atoms with van der Waals surface area (Å²) >= 11 is 0. The summed E-state index contributed by atoms with van der Waals surface area (Å²) in [6, 6.07) is 11.6. The fourth-order valence-corrected chi connectivity index (χ4v) is 2.53. The number of hydrogen-bond donors (Lipinski definition) is 1. The molecule has 2 aromatic carbocycles. The number of benzene rings is 2. The lowest BCUT2D eigenvalue weighted by atomic mass is 9.96. The molecule has 2 nitrogen and oxygen atoms in total. The average Bonchev–Trinajstić information content (AvgIpc) is 3.30. The fourth-order valence-electron chi connectivity index (χ4n) is 2.53. The van der Waals surface area contributed by atoms with Crippen LogP contribution in [0.3, 0.4) is 0 Å². The van der Waals surface area contributed by atoms with Crippen molar-refractivity contribution in [3.63, 3.8) is 0 Å². The van der Waals surface area contributed by atoms with Gasteiger partial charge in [0.15, 0.2) is 0 Å². The number of nitrogens with one attached hydrogen (secondary N) is 1. The molecular formula is C18H20FNO.